The van der Waals surface area contributed by atoms with Crippen molar-refractivity contribution in [2.75, 3.05) is 7.11 Å². The number of nitrogens with one attached hydrogen (secondary N) is 1. The number of hydrogen-bond donors (Lipinski definition) is 1. The average Bonchev–Trinajstić information content (AvgIpc) is 3.04. The van der Waals surface area contributed by atoms with Gasteiger partial charge >= 0.3 is 0 Å². The topological polar surface area (TPSA) is 55.8 Å². The molecule has 0 saturated heterocycles. The zero-order valence-corrected chi connectivity index (χ0v) is 17.3. The molecule has 5 rings (SSSR count). The van der Waals surface area contributed by atoms with E-state index >= 15 is 0 Å². The van der Waals surface area contributed by atoms with Crippen molar-refractivity contribution < 1.29 is 4.74 Å². The fourth-order valence-corrected chi connectivity index (χ4v) is 4.02. The molecule has 0 spiro atoms. The molecule has 3 aromatic carbocycles. The molecule has 0 aliphatic rings. The molecule has 0 atom stereocenters. The summed E-state index contributed by atoms with van der Waals surface area (Å²) in [5.41, 5.74) is 5.98. The van der Waals surface area contributed by atoms with Gasteiger partial charge < -0.3 is 9.30 Å². The lowest BCUT2D eigenvalue weighted by Crippen LogP contribution is -2.21. The number of fused-ring (bicyclic) bond motifs is 3. The van der Waals surface area contributed by atoms with Crippen LogP contribution in [0.2, 0.25) is 5.02 Å². The molecule has 2 heterocycles. The van der Waals surface area contributed by atoms with E-state index < -0.39 is 0 Å². The molecular weight excluding hydrogens is 396 g/mol. The molecule has 0 amide bonds. The van der Waals surface area contributed by atoms with Gasteiger partial charge in [0.1, 0.15) is 5.75 Å². The molecule has 0 unspecified atom stereocenters. The lowest BCUT2D eigenvalue weighted by Gasteiger charge is -2.11. The van der Waals surface area contributed by atoms with E-state index in [9.17, 15) is 0 Å². The number of nitrogens with zero attached hydrogens (tertiary/aromatic N) is 3. The van der Waals surface area contributed by atoms with Crippen LogP contribution in [-0.4, -0.2) is 21.2 Å². The molecule has 0 radical (unpaired) electrons. The Balaban J connectivity index is 1.89. The lowest BCUT2D eigenvalue weighted by atomic mass is 10.0. The number of aryl methyl sites for hydroxylation is 1. The van der Waals surface area contributed by atoms with E-state index in [1.807, 2.05) is 77.0 Å². The van der Waals surface area contributed by atoms with Crippen molar-refractivity contribution in [1.29, 1.82) is 5.41 Å². The number of pyridine rings is 1. The monoisotopic (exact) mass is 414 g/mol. The molecule has 30 heavy (non-hydrogen) atoms. The Labute approximate surface area is 178 Å². The summed E-state index contributed by atoms with van der Waals surface area (Å²) in [5, 5.41) is 10.5. The summed E-state index contributed by atoms with van der Waals surface area (Å²) in [5.74, 6) is 0.710. The van der Waals surface area contributed by atoms with Crippen molar-refractivity contribution in [3.05, 3.63) is 83.6 Å². The zero-order valence-electron chi connectivity index (χ0n) is 16.6. The third-order valence-electron chi connectivity index (χ3n) is 5.44. The van der Waals surface area contributed by atoms with E-state index in [1.54, 1.807) is 7.11 Å². The third kappa shape index (κ3) is 2.78. The molecule has 0 aliphatic carbocycles. The number of rotatable bonds is 3. The van der Waals surface area contributed by atoms with Crippen LogP contribution < -0.4 is 10.4 Å². The molecule has 0 bridgehead atoms. The van der Waals surface area contributed by atoms with Crippen LogP contribution in [0.1, 0.15) is 0 Å². The fraction of sp³-hybridized carbons (Fsp3) is 0.0833. The molecule has 148 valence electrons. The first-order valence-electron chi connectivity index (χ1n) is 9.52. The maximum atomic E-state index is 8.78. The minimum atomic E-state index is 0.348. The second-order valence-corrected chi connectivity index (χ2v) is 7.56. The number of methoxy groups -OCH3 is 1. The lowest BCUT2D eigenvalue weighted by molar-refractivity contribution is 0.412. The van der Waals surface area contributed by atoms with Crippen LogP contribution in [0, 0.1) is 5.41 Å². The van der Waals surface area contributed by atoms with E-state index in [0.717, 1.165) is 38.8 Å². The smallest absolute Gasteiger partial charge is 0.207 e. The summed E-state index contributed by atoms with van der Waals surface area (Å²) in [4.78, 5) is 4.64. The van der Waals surface area contributed by atoms with E-state index in [4.69, 9.17) is 21.7 Å². The second-order valence-electron chi connectivity index (χ2n) is 7.12. The molecule has 2 aromatic heterocycles. The van der Waals surface area contributed by atoms with Crippen molar-refractivity contribution in [1.82, 2.24) is 14.1 Å². The number of para-hydroxylation sites is 2. The third-order valence-corrected chi connectivity index (χ3v) is 5.69. The number of halogens is 1. The molecule has 1 N–H and O–H groups in total. The van der Waals surface area contributed by atoms with Crippen molar-refractivity contribution in [2.45, 2.75) is 0 Å². The van der Waals surface area contributed by atoms with Gasteiger partial charge in [0.2, 0.25) is 5.62 Å². The van der Waals surface area contributed by atoms with E-state index in [2.05, 4.69) is 17.1 Å². The van der Waals surface area contributed by atoms with Crippen LogP contribution in [0.15, 0.2) is 72.9 Å². The maximum absolute atomic E-state index is 8.78. The van der Waals surface area contributed by atoms with Crippen LogP contribution in [0.5, 0.6) is 5.75 Å². The van der Waals surface area contributed by atoms with Crippen molar-refractivity contribution in [3.8, 4) is 22.6 Å². The highest BCUT2D eigenvalue weighted by Crippen LogP contribution is 2.32. The standard InChI is InChI=1S/C24H19ClN4O/c1-28-21-14-27-19-12-9-16(15-7-10-17(25)11-8-15)13-18(19)23(21)29(24(28)26)20-5-3-4-6-22(20)30-2/h3-14,26H,1-2H3. The Hall–Kier alpha value is -3.57. The number of imidazole rings is 1. The highest BCUT2D eigenvalue weighted by atomic mass is 35.5. The quantitative estimate of drug-likeness (QED) is 0.434. The van der Waals surface area contributed by atoms with E-state index in [0.29, 0.717) is 16.4 Å². The number of ether oxygens (including phenoxy) is 1. The summed E-state index contributed by atoms with van der Waals surface area (Å²) in [7, 11) is 3.53. The van der Waals surface area contributed by atoms with Crippen LogP contribution in [-0.2, 0) is 7.05 Å². The zero-order chi connectivity index (χ0) is 20.8. The number of aromatic nitrogens is 3. The Morgan fingerprint density at radius 1 is 0.967 bits per heavy atom. The normalized spacial score (nSPS) is 11.3. The average molecular weight is 415 g/mol. The fourth-order valence-electron chi connectivity index (χ4n) is 3.89. The highest BCUT2D eigenvalue weighted by Gasteiger charge is 2.17. The van der Waals surface area contributed by atoms with Gasteiger partial charge in [0, 0.05) is 17.5 Å². The van der Waals surface area contributed by atoms with Crippen LogP contribution in [0.4, 0.5) is 0 Å². The van der Waals surface area contributed by atoms with Gasteiger partial charge in [-0.2, -0.15) is 0 Å². The van der Waals surface area contributed by atoms with Gasteiger partial charge in [0.25, 0.3) is 0 Å². The Kier molecular flexibility index (Phi) is 4.33. The number of benzene rings is 3. The Morgan fingerprint density at radius 3 is 2.47 bits per heavy atom. The first-order chi connectivity index (χ1) is 14.6. The highest BCUT2D eigenvalue weighted by molar-refractivity contribution is 6.30. The molecule has 0 fully saturated rings. The van der Waals surface area contributed by atoms with Gasteiger partial charge in [-0.3, -0.25) is 15.0 Å². The summed E-state index contributed by atoms with van der Waals surface area (Å²) in [6.07, 6.45) is 1.82. The molecular formula is C24H19ClN4O. The predicted octanol–water partition coefficient (Wildman–Crippen LogP) is 5.33. The summed E-state index contributed by atoms with van der Waals surface area (Å²) in [6.45, 7) is 0. The molecule has 0 aliphatic heterocycles. The van der Waals surface area contributed by atoms with E-state index in [1.165, 1.54) is 0 Å². The first-order valence-corrected chi connectivity index (χ1v) is 9.90. The van der Waals surface area contributed by atoms with Crippen molar-refractivity contribution in [2.24, 2.45) is 7.05 Å². The molecule has 5 nitrogen and oxygen atoms in total. The van der Waals surface area contributed by atoms with Gasteiger partial charge in [0.05, 0.1) is 35.5 Å². The first kappa shape index (κ1) is 18.5. The Bertz CT molecular complexity index is 1470. The molecule has 5 aromatic rings. The van der Waals surface area contributed by atoms with Crippen LogP contribution >= 0.6 is 11.6 Å². The SMILES string of the molecule is COc1ccccc1-n1c(=N)n(C)c2cnc3ccc(-c4ccc(Cl)cc4)cc3c21. The largest absolute Gasteiger partial charge is 0.495 e. The van der Waals surface area contributed by atoms with Gasteiger partial charge in [-0.15, -0.1) is 0 Å². The van der Waals surface area contributed by atoms with E-state index in [-0.39, 0.29) is 0 Å². The maximum Gasteiger partial charge on any atom is 0.207 e. The van der Waals surface area contributed by atoms with Crippen LogP contribution in [0.25, 0.3) is 38.8 Å². The molecule has 0 saturated carbocycles. The summed E-state index contributed by atoms with van der Waals surface area (Å²) in [6, 6.07) is 21.7. The summed E-state index contributed by atoms with van der Waals surface area (Å²) < 4.78 is 9.34. The van der Waals surface area contributed by atoms with Gasteiger partial charge in [-0.05, 0) is 47.5 Å². The second kappa shape index (κ2) is 7.04. The van der Waals surface area contributed by atoms with Crippen molar-refractivity contribution in [3.63, 3.8) is 0 Å². The number of hydrogen-bond acceptors (Lipinski definition) is 3. The Morgan fingerprint density at radius 2 is 1.70 bits per heavy atom. The van der Waals surface area contributed by atoms with Crippen molar-refractivity contribution >= 4 is 33.5 Å². The minimum absolute atomic E-state index is 0.348. The van der Waals surface area contributed by atoms with Gasteiger partial charge in [0.15, 0.2) is 0 Å². The minimum Gasteiger partial charge on any atom is -0.495 e. The van der Waals surface area contributed by atoms with Gasteiger partial charge in [-0.25, -0.2) is 0 Å². The van der Waals surface area contributed by atoms with Gasteiger partial charge in [-0.1, -0.05) is 41.9 Å². The summed E-state index contributed by atoms with van der Waals surface area (Å²) >= 11 is 6.06. The predicted molar refractivity (Wildman–Crippen MR) is 120 cm³/mol. The van der Waals surface area contributed by atoms with Crippen LogP contribution in [0.3, 0.4) is 0 Å². The molecule has 6 heteroatoms.